The number of aliphatic hydroxyl groups excluding tert-OH is 1. The number of nitrogens with zero attached hydrogens (tertiary/aromatic N) is 1. The van der Waals surface area contributed by atoms with Crippen LogP contribution in [0, 0.1) is 6.92 Å². The number of aromatic nitrogens is 1. The first kappa shape index (κ1) is 10.2. The summed E-state index contributed by atoms with van der Waals surface area (Å²) >= 11 is 0. The van der Waals surface area contributed by atoms with E-state index in [-0.39, 0.29) is 12.0 Å². The molecule has 1 aromatic rings. The maximum Gasteiger partial charge on any atom is 0.0699 e. The second-order valence-corrected chi connectivity index (χ2v) is 4.38. The molecule has 0 fully saturated rings. The molecule has 0 spiro atoms. The first-order chi connectivity index (χ1) is 5.96. The lowest BCUT2D eigenvalue weighted by Crippen LogP contribution is -2.14. The molecule has 0 amide bonds. The van der Waals surface area contributed by atoms with Crippen LogP contribution >= 0.6 is 0 Å². The van der Waals surface area contributed by atoms with E-state index in [0.717, 1.165) is 11.1 Å². The van der Waals surface area contributed by atoms with Crippen LogP contribution in [0.5, 0.6) is 0 Å². The van der Waals surface area contributed by atoms with Gasteiger partial charge >= 0.3 is 0 Å². The molecule has 1 aromatic heterocycles. The lowest BCUT2D eigenvalue weighted by molar-refractivity contribution is 0.280. The highest BCUT2D eigenvalue weighted by molar-refractivity contribution is 5.34. The summed E-state index contributed by atoms with van der Waals surface area (Å²) in [7, 11) is 0. The Morgan fingerprint density at radius 3 is 2.38 bits per heavy atom. The fourth-order valence-electron chi connectivity index (χ4n) is 1.48. The van der Waals surface area contributed by atoms with Crippen LogP contribution in [0.3, 0.4) is 0 Å². The van der Waals surface area contributed by atoms with E-state index in [4.69, 9.17) is 5.11 Å². The molecule has 0 saturated heterocycles. The molecule has 1 heterocycles. The van der Waals surface area contributed by atoms with Crippen molar-refractivity contribution >= 4 is 0 Å². The molecule has 2 heteroatoms. The van der Waals surface area contributed by atoms with Crippen molar-refractivity contribution in [3.63, 3.8) is 0 Å². The number of hydrogen-bond acceptors (Lipinski definition) is 2. The van der Waals surface area contributed by atoms with E-state index in [2.05, 4.69) is 25.8 Å². The number of pyridine rings is 1. The minimum absolute atomic E-state index is 0.0722. The molecular weight excluding hydrogens is 162 g/mol. The van der Waals surface area contributed by atoms with Crippen molar-refractivity contribution in [3.05, 3.63) is 29.1 Å². The monoisotopic (exact) mass is 179 g/mol. The summed E-state index contributed by atoms with van der Waals surface area (Å²) in [6, 6.07) is 0. The lowest BCUT2D eigenvalue weighted by Gasteiger charge is -2.22. The summed E-state index contributed by atoms with van der Waals surface area (Å²) in [5, 5.41) is 9.07. The van der Waals surface area contributed by atoms with Crippen molar-refractivity contribution < 1.29 is 5.11 Å². The molecule has 0 radical (unpaired) electrons. The van der Waals surface area contributed by atoms with Crippen molar-refractivity contribution in [1.29, 1.82) is 0 Å². The SMILES string of the molecule is Cc1c(CO)cncc1C(C)(C)C. The van der Waals surface area contributed by atoms with E-state index in [1.807, 2.05) is 13.1 Å². The van der Waals surface area contributed by atoms with Crippen LogP contribution in [-0.4, -0.2) is 10.1 Å². The zero-order valence-electron chi connectivity index (χ0n) is 8.76. The average Bonchev–Trinajstić information content (AvgIpc) is 2.02. The van der Waals surface area contributed by atoms with Gasteiger partial charge in [-0.2, -0.15) is 0 Å². The van der Waals surface area contributed by atoms with Gasteiger partial charge in [0, 0.05) is 12.4 Å². The standard InChI is InChI=1S/C11H17NO/c1-8-9(7-13)5-12-6-10(8)11(2,3)4/h5-6,13H,7H2,1-4H3. The number of hydrogen-bond donors (Lipinski definition) is 1. The smallest absolute Gasteiger partial charge is 0.0699 e. The first-order valence-electron chi connectivity index (χ1n) is 4.51. The van der Waals surface area contributed by atoms with E-state index < -0.39 is 0 Å². The summed E-state index contributed by atoms with van der Waals surface area (Å²) in [5.41, 5.74) is 3.39. The Kier molecular flexibility index (Phi) is 2.71. The van der Waals surface area contributed by atoms with E-state index in [1.165, 1.54) is 5.56 Å². The van der Waals surface area contributed by atoms with Gasteiger partial charge in [-0.3, -0.25) is 4.98 Å². The van der Waals surface area contributed by atoms with Gasteiger partial charge in [0.2, 0.25) is 0 Å². The molecule has 0 unspecified atom stereocenters. The van der Waals surface area contributed by atoms with E-state index in [9.17, 15) is 0 Å². The van der Waals surface area contributed by atoms with Crippen LogP contribution in [0.25, 0.3) is 0 Å². The maximum absolute atomic E-state index is 9.07. The molecule has 0 aliphatic carbocycles. The summed E-state index contributed by atoms with van der Waals surface area (Å²) in [5.74, 6) is 0. The molecule has 0 aliphatic heterocycles. The van der Waals surface area contributed by atoms with Gasteiger partial charge in [0.1, 0.15) is 0 Å². The third-order valence-electron chi connectivity index (χ3n) is 2.30. The van der Waals surface area contributed by atoms with Crippen LogP contribution in [-0.2, 0) is 12.0 Å². The van der Waals surface area contributed by atoms with Gasteiger partial charge in [0.25, 0.3) is 0 Å². The molecule has 13 heavy (non-hydrogen) atoms. The van der Waals surface area contributed by atoms with Gasteiger partial charge in [-0.25, -0.2) is 0 Å². The third kappa shape index (κ3) is 2.07. The summed E-state index contributed by atoms with van der Waals surface area (Å²) < 4.78 is 0. The second-order valence-electron chi connectivity index (χ2n) is 4.38. The van der Waals surface area contributed by atoms with Gasteiger partial charge in [-0.05, 0) is 29.0 Å². The van der Waals surface area contributed by atoms with Gasteiger partial charge in [0.15, 0.2) is 0 Å². The van der Waals surface area contributed by atoms with Crippen molar-refractivity contribution in [2.24, 2.45) is 0 Å². The highest BCUT2D eigenvalue weighted by Crippen LogP contribution is 2.26. The molecule has 72 valence electrons. The fraction of sp³-hybridized carbons (Fsp3) is 0.545. The topological polar surface area (TPSA) is 33.1 Å². The van der Waals surface area contributed by atoms with Gasteiger partial charge in [-0.1, -0.05) is 20.8 Å². The average molecular weight is 179 g/mol. The van der Waals surface area contributed by atoms with Crippen LogP contribution in [0.1, 0.15) is 37.5 Å². The molecule has 2 nitrogen and oxygen atoms in total. The van der Waals surface area contributed by atoms with Crippen LogP contribution in [0.2, 0.25) is 0 Å². The molecule has 1 rings (SSSR count). The maximum atomic E-state index is 9.07. The van der Waals surface area contributed by atoms with E-state index in [0.29, 0.717) is 0 Å². The molecule has 1 N–H and O–H groups in total. The van der Waals surface area contributed by atoms with Crippen LogP contribution in [0.4, 0.5) is 0 Å². The van der Waals surface area contributed by atoms with Gasteiger partial charge in [0.05, 0.1) is 6.61 Å². The molecule has 0 aromatic carbocycles. The van der Waals surface area contributed by atoms with Crippen molar-refractivity contribution in [1.82, 2.24) is 4.98 Å². The Morgan fingerprint density at radius 1 is 1.31 bits per heavy atom. The Balaban J connectivity index is 3.24. The lowest BCUT2D eigenvalue weighted by atomic mass is 9.84. The Labute approximate surface area is 79.6 Å². The highest BCUT2D eigenvalue weighted by atomic mass is 16.3. The normalized spacial score (nSPS) is 11.8. The Bertz CT molecular complexity index is 299. The highest BCUT2D eigenvalue weighted by Gasteiger charge is 2.17. The third-order valence-corrected chi connectivity index (χ3v) is 2.30. The molecule has 0 atom stereocenters. The van der Waals surface area contributed by atoms with Crippen molar-refractivity contribution in [3.8, 4) is 0 Å². The number of aliphatic hydroxyl groups is 1. The predicted molar refractivity (Wildman–Crippen MR) is 53.6 cm³/mol. The van der Waals surface area contributed by atoms with E-state index >= 15 is 0 Å². The van der Waals surface area contributed by atoms with Crippen molar-refractivity contribution in [2.45, 2.75) is 39.7 Å². The van der Waals surface area contributed by atoms with Crippen LogP contribution in [0.15, 0.2) is 12.4 Å². The molecule has 0 saturated carbocycles. The summed E-state index contributed by atoms with van der Waals surface area (Å²) in [4.78, 5) is 4.12. The first-order valence-corrected chi connectivity index (χ1v) is 4.51. The minimum atomic E-state index is 0.0722. The minimum Gasteiger partial charge on any atom is -0.392 e. The molecule has 0 aliphatic rings. The summed E-state index contributed by atoms with van der Waals surface area (Å²) in [6.45, 7) is 8.56. The second kappa shape index (κ2) is 3.46. The zero-order valence-corrected chi connectivity index (χ0v) is 8.76. The quantitative estimate of drug-likeness (QED) is 0.716. The summed E-state index contributed by atoms with van der Waals surface area (Å²) in [6.07, 6.45) is 3.61. The van der Waals surface area contributed by atoms with Crippen LogP contribution < -0.4 is 0 Å². The number of rotatable bonds is 1. The molecular formula is C11H17NO. The molecule has 0 bridgehead atoms. The van der Waals surface area contributed by atoms with E-state index in [1.54, 1.807) is 6.20 Å². The zero-order chi connectivity index (χ0) is 10.1. The fourth-order valence-corrected chi connectivity index (χ4v) is 1.48. The largest absolute Gasteiger partial charge is 0.392 e. The predicted octanol–water partition coefficient (Wildman–Crippen LogP) is 2.18. The van der Waals surface area contributed by atoms with Gasteiger partial charge < -0.3 is 5.11 Å². The Hall–Kier alpha value is -0.890. The van der Waals surface area contributed by atoms with Crippen molar-refractivity contribution in [2.75, 3.05) is 0 Å². The Morgan fingerprint density at radius 2 is 1.92 bits per heavy atom. The van der Waals surface area contributed by atoms with Gasteiger partial charge in [-0.15, -0.1) is 0 Å².